The number of sulfonamides is 1. The lowest BCUT2D eigenvalue weighted by molar-refractivity contribution is 0.0977. The highest BCUT2D eigenvalue weighted by Crippen LogP contribution is 2.09. The van der Waals surface area contributed by atoms with Gasteiger partial charge in [0, 0.05) is 12.4 Å². The Kier molecular flexibility index (Phi) is 3.15. The van der Waals surface area contributed by atoms with Crippen LogP contribution in [0.2, 0.25) is 0 Å². The summed E-state index contributed by atoms with van der Waals surface area (Å²) in [6, 6.07) is 9.27. The molecule has 0 aliphatic heterocycles. The van der Waals surface area contributed by atoms with Crippen molar-refractivity contribution in [2.75, 3.05) is 0 Å². The van der Waals surface area contributed by atoms with Gasteiger partial charge < -0.3 is 0 Å². The number of imidazole rings is 1. The topological polar surface area (TPSA) is 93.4 Å². The zero-order valence-electron chi connectivity index (χ0n) is 10.7. The second-order valence-electron chi connectivity index (χ2n) is 4.22. The number of rotatable bonds is 3. The van der Waals surface area contributed by atoms with Gasteiger partial charge in [0.2, 0.25) is 0 Å². The van der Waals surface area contributed by atoms with E-state index in [1.54, 1.807) is 24.3 Å². The molecule has 7 nitrogen and oxygen atoms in total. The van der Waals surface area contributed by atoms with Crippen molar-refractivity contribution in [3.8, 4) is 0 Å². The number of nitrogens with one attached hydrogen (secondary N) is 1. The lowest BCUT2D eigenvalue weighted by Crippen LogP contribution is -2.30. The van der Waals surface area contributed by atoms with Gasteiger partial charge in [-0.3, -0.25) is 9.20 Å². The van der Waals surface area contributed by atoms with Crippen molar-refractivity contribution in [1.29, 1.82) is 0 Å². The molecule has 0 spiro atoms. The third-order valence-electron chi connectivity index (χ3n) is 2.77. The number of hydrogen-bond donors (Lipinski definition) is 1. The molecule has 0 saturated heterocycles. The minimum absolute atomic E-state index is 0.00232. The number of benzene rings is 1. The molecule has 1 amide bonds. The molecule has 8 heteroatoms. The summed E-state index contributed by atoms with van der Waals surface area (Å²) in [6.45, 7) is 0. The second-order valence-corrected chi connectivity index (χ2v) is 5.90. The number of carbonyl (C=O) groups excluding carboxylic acids is 1. The fourth-order valence-corrected chi connectivity index (χ4v) is 2.77. The summed E-state index contributed by atoms with van der Waals surface area (Å²) in [7, 11) is -3.91. The minimum Gasteiger partial charge on any atom is -0.290 e. The van der Waals surface area contributed by atoms with E-state index in [0.717, 1.165) is 0 Å². The zero-order valence-corrected chi connectivity index (χ0v) is 11.5. The molecule has 0 unspecified atom stereocenters. The predicted molar refractivity (Wildman–Crippen MR) is 74.1 cm³/mol. The lowest BCUT2D eigenvalue weighted by Gasteiger charge is -2.04. The van der Waals surface area contributed by atoms with Crippen molar-refractivity contribution < 1.29 is 13.2 Å². The van der Waals surface area contributed by atoms with Gasteiger partial charge in [-0.15, -0.1) is 0 Å². The van der Waals surface area contributed by atoms with Crippen LogP contribution in [0.15, 0.2) is 60.0 Å². The van der Waals surface area contributed by atoms with Gasteiger partial charge in [0.25, 0.3) is 15.9 Å². The molecule has 3 rings (SSSR count). The van der Waals surface area contributed by atoms with Gasteiger partial charge in [-0.05, 0) is 18.2 Å². The van der Waals surface area contributed by atoms with E-state index in [2.05, 4.69) is 9.97 Å². The van der Waals surface area contributed by atoms with Crippen molar-refractivity contribution in [1.82, 2.24) is 19.1 Å². The Hall–Kier alpha value is -2.74. The van der Waals surface area contributed by atoms with E-state index in [9.17, 15) is 13.2 Å². The van der Waals surface area contributed by atoms with Crippen molar-refractivity contribution in [2.24, 2.45) is 0 Å². The van der Waals surface area contributed by atoms with E-state index < -0.39 is 15.9 Å². The van der Waals surface area contributed by atoms with E-state index in [-0.39, 0.29) is 10.6 Å². The highest BCUT2D eigenvalue weighted by molar-refractivity contribution is 7.90. The average Bonchev–Trinajstić information content (AvgIpc) is 2.92. The predicted octanol–water partition coefficient (Wildman–Crippen LogP) is 0.848. The zero-order chi connectivity index (χ0) is 14.9. The molecule has 0 bridgehead atoms. The number of carbonyl (C=O) groups is 1. The van der Waals surface area contributed by atoms with Gasteiger partial charge in [-0.25, -0.2) is 23.1 Å². The summed E-state index contributed by atoms with van der Waals surface area (Å²) in [5.74, 6) is -0.789. The Labute approximate surface area is 120 Å². The highest BCUT2D eigenvalue weighted by atomic mass is 32.2. The van der Waals surface area contributed by atoms with Gasteiger partial charge >= 0.3 is 0 Å². The van der Waals surface area contributed by atoms with Crippen LogP contribution in [0.1, 0.15) is 10.5 Å². The van der Waals surface area contributed by atoms with Crippen LogP contribution in [-0.2, 0) is 10.0 Å². The van der Waals surface area contributed by atoms with Crippen molar-refractivity contribution in [3.05, 3.63) is 60.8 Å². The normalized spacial score (nSPS) is 11.4. The van der Waals surface area contributed by atoms with Crippen LogP contribution in [0.3, 0.4) is 0 Å². The number of hydrogen-bond acceptors (Lipinski definition) is 5. The summed E-state index contributed by atoms with van der Waals surface area (Å²) in [4.78, 5) is 20.0. The van der Waals surface area contributed by atoms with Crippen LogP contribution in [0.4, 0.5) is 0 Å². The standard InChI is InChI=1S/C13H10N4O3S/c18-13(11-8-17-9-14-7-6-12(17)15-11)16-21(19,20)10-4-2-1-3-5-10/h1-9H,(H,16,18). The van der Waals surface area contributed by atoms with Crippen LogP contribution in [0.5, 0.6) is 0 Å². The monoisotopic (exact) mass is 302 g/mol. The van der Waals surface area contributed by atoms with Gasteiger partial charge in [0.15, 0.2) is 0 Å². The molecule has 0 aliphatic rings. The lowest BCUT2D eigenvalue weighted by atomic mass is 10.4. The van der Waals surface area contributed by atoms with Crippen LogP contribution < -0.4 is 4.72 Å². The molecular weight excluding hydrogens is 292 g/mol. The fourth-order valence-electron chi connectivity index (χ4n) is 1.79. The third kappa shape index (κ3) is 2.61. The first-order valence-corrected chi connectivity index (χ1v) is 7.45. The molecule has 0 radical (unpaired) electrons. The molecule has 0 fully saturated rings. The number of aromatic nitrogens is 3. The Bertz CT molecular complexity index is 870. The Morgan fingerprint density at radius 3 is 2.62 bits per heavy atom. The first-order chi connectivity index (χ1) is 10.1. The van der Waals surface area contributed by atoms with E-state index >= 15 is 0 Å². The maximum absolute atomic E-state index is 12.1. The van der Waals surface area contributed by atoms with Crippen molar-refractivity contribution in [2.45, 2.75) is 4.90 Å². The number of nitrogens with zero attached hydrogens (tertiary/aromatic N) is 3. The Balaban J connectivity index is 1.89. The van der Waals surface area contributed by atoms with Crippen LogP contribution >= 0.6 is 0 Å². The van der Waals surface area contributed by atoms with Gasteiger partial charge in [0.1, 0.15) is 17.7 Å². The third-order valence-corrected chi connectivity index (χ3v) is 4.12. The largest absolute Gasteiger partial charge is 0.290 e. The van der Waals surface area contributed by atoms with Crippen LogP contribution in [0, 0.1) is 0 Å². The van der Waals surface area contributed by atoms with Crippen LogP contribution in [-0.4, -0.2) is 28.7 Å². The average molecular weight is 302 g/mol. The minimum atomic E-state index is -3.91. The Morgan fingerprint density at radius 1 is 1.14 bits per heavy atom. The molecule has 2 aromatic heterocycles. The van der Waals surface area contributed by atoms with E-state index in [1.807, 2.05) is 4.72 Å². The maximum Gasteiger partial charge on any atom is 0.285 e. The first-order valence-electron chi connectivity index (χ1n) is 5.97. The molecule has 0 atom stereocenters. The van der Waals surface area contributed by atoms with E-state index in [1.165, 1.54) is 35.3 Å². The molecule has 2 heterocycles. The Morgan fingerprint density at radius 2 is 1.90 bits per heavy atom. The van der Waals surface area contributed by atoms with Crippen LogP contribution in [0.25, 0.3) is 5.65 Å². The highest BCUT2D eigenvalue weighted by Gasteiger charge is 2.20. The van der Waals surface area contributed by atoms with Gasteiger partial charge in [-0.1, -0.05) is 18.2 Å². The summed E-state index contributed by atoms with van der Waals surface area (Å²) < 4.78 is 27.6. The molecular formula is C13H10N4O3S. The van der Waals surface area contributed by atoms with Crippen molar-refractivity contribution >= 4 is 21.6 Å². The number of amides is 1. The second kappa shape index (κ2) is 4.98. The smallest absolute Gasteiger partial charge is 0.285 e. The molecule has 106 valence electrons. The summed E-state index contributed by atoms with van der Waals surface area (Å²) in [5.41, 5.74) is 0.509. The molecule has 0 saturated carbocycles. The summed E-state index contributed by atoms with van der Waals surface area (Å²) in [6.07, 6.45) is 4.42. The molecule has 3 aromatic rings. The molecule has 0 aliphatic carbocycles. The quantitative estimate of drug-likeness (QED) is 0.774. The fraction of sp³-hybridized carbons (Fsp3) is 0. The van der Waals surface area contributed by atoms with Crippen molar-refractivity contribution in [3.63, 3.8) is 0 Å². The molecule has 1 aromatic carbocycles. The SMILES string of the molecule is O=C(NS(=O)(=O)c1ccccc1)c1cn2cnccc2n1. The maximum atomic E-state index is 12.1. The summed E-state index contributed by atoms with van der Waals surface area (Å²) >= 11 is 0. The summed E-state index contributed by atoms with van der Waals surface area (Å²) in [5, 5.41) is 0. The molecule has 1 N–H and O–H groups in total. The van der Waals surface area contributed by atoms with E-state index in [4.69, 9.17) is 0 Å². The first kappa shape index (κ1) is 13.3. The molecule has 21 heavy (non-hydrogen) atoms. The van der Waals surface area contributed by atoms with Gasteiger partial charge in [0.05, 0.1) is 4.90 Å². The van der Waals surface area contributed by atoms with Gasteiger partial charge in [-0.2, -0.15) is 0 Å². The van der Waals surface area contributed by atoms with E-state index in [0.29, 0.717) is 5.65 Å². The number of fused-ring (bicyclic) bond motifs is 1.